The molecule has 4 heterocycles. The Kier molecular flexibility index (Phi) is 13.0. The molecule has 5 nitrogen and oxygen atoms in total. The van der Waals surface area contributed by atoms with Crippen LogP contribution in [0.4, 0.5) is 68.2 Å². The first kappa shape index (κ1) is 53.6. The average molecular weight is 1190 g/mol. The number of hydrogen-bond donors (Lipinski definition) is 0. The SMILES string of the molecule is c1ccc(-c2ccc(N(c3cccc(-c4ccccc4)c3)c3cc4c5c(c3)N(c3ccccc3-c3ccccc3)c3cc6c(cc3B5c3ccccc3O4)B3c4ccccc4N(c4ccccc4)c4cc(N(c5ccccc5)c5ccccc5)cc(c43)S6)cc2)cc1. The summed E-state index contributed by atoms with van der Waals surface area (Å²) in [6.45, 7) is -0.275. The van der Waals surface area contributed by atoms with E-state index in [2.05, 4.69) is 359 Å². The van der Waals surface area contributed by atoms with Crippen molar-refractivity contribution in [3.63, 3.8) is 0 Å². The number of hydrogen-bond acceptors (Lipinski definition) is 6. The highest BCUT2D eigenvalue weighted by Crippen LogP contribution is 2.51. The maximum Gasteiger partial charge on any atom is 0.256 e. The largest absolute Gasteiger partial charge is 0.458 e. The molecule has 0 aromatic heterocycles. The highest BCUT2D eigenvalue weighted by molar-refractivity contribution is 8.00. The summed E-state index contributed by atoms with van der Waals surface area (Å²) in [6, 6.07) is 124. The third-order valence-electron chi connectivity index (χ3n) is 18.7. The fraction of sp³-hybridized carbons (Fsp3) is 0. The molecule has 430 valence electrons. The monoisotopic (exact) mass is 1190 g/mol. The summed E-state index contributed by atoms with van der Waals surface area (Å²) in [5.41, 5.74) is 27.3. The number of fused-ring (bicyclic) bond motifs is 8. The topological polar surface area (TPSA) is 22.2 Å². The molecule has 0 saturated heterocycles. The highest BCUT2D eigenvalue weighted by atomic mass is 32.2. The van der Waals surface area contributed by atoms with E-state index in [1.54, 1.807) is 0 Å². The number of benzene rings is 14. The smallest absolute Gasteiger partial charge is 0.256 e. The number of rotatable bonds is 11. The van der Waals surface area contributed by atoms with Crippen molar-refractivity contribution in [1.82, 2.24) is 0 Å². The van der Waals surface area contributed by atoms with Crippen LogP contribution in [0.15, 0.2) is 350 Å². The third kappa shape index (κ3) is 8.97. The van der Waals surface area contributed by atoms with E-state index in [4.69, 9.17) is 4.74 Å². The van der Waals surface area contributed by atoms with E-state index in [0.717, 1.165) is 107 Å². The first-order valence-corrected chi connectivity index (χ1v) is 32.4. The van der Waals surface area contributed by atoms with E-state index in [-0.39, 0.29) is 13.4 Å². The average Bonchev–Trinajstić information content (AvgIpc) is 0.697. The summed E-state index contributed by atoms with van der Waals surface area (Å²) in [5.74, 6) is 1.69. The van der Waals surface area contributed by atoms with Crippen LogP contribution in [-0.2, 0) is 0 Å². The normalized spacial score (nSPS) is 12.7. The molecule has 4 aliphatic heterocycles. The summed E-state index contributed by atoms with van der Waals surface area (Å²) < 4.78 is 7.42. The van der Waals surface area contributed by atoms with Crippen molar-refractivity contribution in [2.75, 3.05) is 19.6 Å². The van der Waals surface area contributed by atoms with Gasteiger partial charge in [0.1, 0.15) is 11.5 Å². The van der Waals surface area contributed by atoms with Crippen molar-refractivity contribution >= 4 is 126 Å². The van der Waals surface area contributed by atoms with Crippen molar-refractivity contribution in [2.45, 2.75) is 9.79 Å². The Hall–Kier alpha value is -11.4. The zero-order valence-electron chi connectivity index (χ0n) is 50.1. The van der Waals surface area contributed by atoms with Gasteiger partial charge in [0.2, 0.25) is 6.71 Å². The van der Waals surface area contributed by atoms with E-state index >= 15 is 0 Å². The minimum absolute atomic E-state index is 0.0921. The Labute approximate surface area is 541 Å². The Bertz CT molecular complexity index is 5100. The fourth-order valence-electron chi connectivity index (χ4n) is 14.7. The van der Waals surface area contributed by atoms with Crippen molar-refractivity contribution < 1.29 is 4.74 Å². The van der Waals surface area contributed by atoms with Gasteiger partial charge in [-0.25, -0.2) is 0 Å². The van der Waals surface area contributed by atoms with Crippen LogP contribution in [0.5, 0.6) is 11.5 Å². The van der Waals surface area contributed by atoms with Crippen molar-refractivity contribution in [3.05, 3.63) is 340 Å². The first-order valence-electron chi connectivity index (χ1n) is 31.5. The second-order valence-electron chi connectivity index (χ2n) is 23.9. The summed E-state index contributed by atoms with van der Waals surface area (Å²) in [6.07, 6.45) is 0. The van der Waals surface area contributed by atoms with Crippen LogP contribution in [0.25, 0.3) is 33.4 Å². The predicted molar refractivity (Wildman–Crippen MR) is 388 cm³/mol. The Morgan fingerprint density at radius 3 is 1.46 bits per heavy atom. The van der Waals surface area contributed by atoms with Gasteiger partial charge in [-0.15, -0.1) is 0 Å². The molecule has 0 radical (unpaired) electrons. The van der Waals surface area contributed by atoms with E-state index in [1.165, 1.54) is 48.6 Å². The van der Waals surface area contributed by atoms with Gasteiger partial charge in [0.05, 0.1) is 11.4 Å². The molecule has 0 aliphatic carbocycles. The molecule has 0 amide bonds. The van der Waals surface area contributed by atoms with Gasteiger partial charge >= 0.3 is 0 Å². The van der Waals surface area contributed by atoms with Crippen molar-refractivity contribution in [2.24, 2.45) is 0 Å². The molecular formula is C84H56B2N4OS. The fourth-order valence-corrected chi connectivity index (χ4v) is 15.9. The molecule has 0 fully saturated rings. The predicted octanol–water partition coefficient (Wildman–Crippen LogP) is 18.8. The van der Waals surface area contributed by atoms with Crippen molar-refractivity contribution in [3.8, 4) is 44.9 Å². The zero-order chi connectivity index (χ0) is 60.6. The third-order valence-corrected chi connectivity index (χ3v) is 19.8. The summed E-state index contributed by atoms with van der Waals surface area (Å²) >= 11 is 1.90. The maximum absolute atomic E-state index is 7.42. The molecule has 92 heavy (non-hydrogen) atoms. The minimum Gasteiger partial charge on any atom is -0.458 e. The second kappa shape index (κ2) is 22.2. The molecular weight excluding hydrogens is 1130 g/mol. The van der Waals surface area contributed by atoms with Crippen LogP contribution in [0.2, 0.25) is 0 Å². The molecule has 14 aromatic carbocycles. The summed E-state index contributed by atoms with van der Waals surface area (Å²) in [4.78, 5) is 12.3. The molecule has 0 unspecified atom stereocenters. The van der Waals surface area contributed by atoms with Gasteiger partial charge in [0.25, 0.3) is 6.71 Å². The molecule has 0 bridgehead atoms. The summed E-state index contributed by atoms with van der Waals surface area (Å²) in [7, 11) is 0. The number of ether oxygens (including phenoxy) is 1. The first-order chi connectivity index (χ1) is 45.6. The van der Waals surface area contributed by atoms with Gasteiger partial charge in [0.15, 0.2) is 0 Å². The van der Waals surface area contributed by atoms with Crippen LogP contribution in [0.1, 0.15) is 0 Å². The molecule has 18 rings (SSSR count). The lowest BCUT2D eigenvalue weighted by molar-refractivity contribution is 0.487. The molecule has 0 saturated carbocycles. The molecule has 0 atom stereocenters. The van der Waals surface area contributed by atoms with Crippen LogP contribution in [-0.4, -0.2) is 13.4 Å². The number of nitrogens with zero attached hydrogens (tertiary/aromatic N) is 4. The highest BCUT2D eigenvalue weighted by Gasteiger charge is 2.47. The lowest BCUT2D eigenvalue weighted by Gasteiger charge is -2.44. The molecule has 0 N–H and O–H groups in total. The second-order valence-corrected chi connectivity index (χ2v) is 25.0. The van der Waals surface area contributed by atoms with Gasteiger partial charge in [-0.3, -0.25) is 0 Å². The molecule has 8 heteroatoms. The number of anilines is 12. The van der Waals surface area contributed by atoms with E-state index in [0.29, 0.717) is 0 Å². The summed E-state index contributed by atoms with van der Waals surface area (Å²) in [5, 5.41) is 0. The quantitative estimate of drug-likeness (QED) is 0.120. The van der Waals surface area contributed by atoms with Gasteiger partial charge in [0, 0.05) is 78.3 Å². The Morgan fingerprint density at radius 1 is 0.261 bits per heavy atom. The van der Waals surface area contributed by atoms with Crippen molar-refractivity contribution in [1.29, 1.82) is 0 Å². The molecule has 14 aromatic rings. The van der Waals surface area contributed by atoms with E-state index in [1.807, 2.05) is 11.8 Å². The van der Waals surface area contributed by atoms with Gasteiger partial charge < -0.3 is 24.3 Å². The van der Waals surface area contributed by atoms with Gasteiger partial charge in [-0.2, -0.15) is 0 Å². The van der Waals surface area contributed by atoms with Crippen LogP contribution < -0.4 is 57.1 Å². The van der Waals surface area contributed by atoms with E-state index in [9.17, 15) is 0 Å². The van der Waals surface area contributed by atoms with Gasteiger partial charge in [-0.1, -0.05) is 248 Å². The Morgan fingerprint density at radius 2 is 0.761 bits per heavy atom. The Balaban J connectivity index is 0.899. The van der Waals surface area contributed by atoms with E-state index < -0.39 is 0 Å². The lowest BCUT2D eigenvalue weighted by Crippen LogP contribution is -2.63. The van der Waals surface area contributed by atoms with Gasteiger partial charge in [-0.05, 0) is 158 Å². The number of para-hydroxylation sites is 6. The van der Waals surface area contributed by atoms with Crippen LogP contribution in [0.3, 0.4) is 0 Å². The standard InChI is InChI=1S/C84H56B2N4OS/c1-7-26-57(27-8-1)59-46-48-65(49-47-59)88(66-39-25-32-61(50-66)58-28-9-2-10-29-58)67-51-77-83-80(53-67)91-79-45-24-21-42-71(79)86(83)72-55-73-81(56-76(72)90(77)74-43-22-19-40-69(74)60-30-11-3-12-31-60)92-82-54-68(87(62-33-13-4-14-34-62)63-35-15-5-16-36-63)52-78-84(82)85(73)70-41-20-23-44-75(70)89(78)64-37-17-6-18-38-64/h1-56H. The molecule has 4 aliphatic rings. The maximum atomic E-state index is 7.42. The zero-order valence-corrected chi connectivity index (χ0v) is 50.9. The minimum atomic E-state index is -0.183. The molecule has 0 spiro atoms. The lowest BCUT2D eigenvalue weighted by atomic mass is 9.31. The van der Waals surface area contributed by atoms with Crippen LogP contribution in [0, 0.1) is 0 Å². The van der Waals surface area contributed by atoms with Crippen LogP contribution >= 0.6 is 11.8 Å².